The molecule has 206 valence electrons. The van der Waals surface area contributed by atoms with E-state index in [2.05, 4.69) is 31.2 Å². The van der Waals surface area contributed by atoms with Crippen molar-refractivity contribution in [1.29, 1.82) is 0 Å². The molecule has 1 heterocycles. The number of imidazole rings is 1. The van der Waals surface area contributed by atoms with Gasteiger partial charge < -0.3 is 47.3 Å². The van der Waals surface area contributed by atoms with E-state index < -0.39 is 66.7 Å². The van der Waals surface area contributed by atoms with Crippen molar-refractivity contribution in [2.24, 2.45) is 5.73 Å². The van der Waals surface area contributed by atoms with Gasteiger partial charge in [0.05, 0.1) is 19.4 Å². The van der Waals surface area contributed by atoms with E-state index in [0.717, 1.165) is 0 Å². The van der Waals surface area contributed by atoms with Crippen LogP contribution in [-0.4, -0.2) is 98.7 Å². The number of amides is 4. The zero-order valence-electron chi connectivity index (χ0n) is 20.1. The maximum atomic E-state index is 12.7. The molecule has 0 saturated carbocycles. The van der Waals surface area contributed by atoms with Crippen LogP contribution >= 0.6 is 0 Å². The van der Waals surface area contributed by atoms with Crippen molar-refractivity contribution < 1.29 is 44.1 Å². The van der Waals surface area contributed by atoms with Gasteiger partial charge in [0.15, 0.2) is 0 Å². The number of hydrogen-bond acceptors (Lipinski definition) is 9. The molecule has 1 aromatic heterocycles. The number of aromatic amines is 1. The molecular formula is C21H33N7O9. The van der Waals surface area contributed by atoms with Crippen LogP contribution in [-0.2, 0) is 35.2 Å². The Hall–Kier alpha value is -4.05. The third-order valence-corrected chi connectivity index (χ3v) is 4.94. The highest BCUT2D eigenvalue weighted by molar-refractivity contribution is 5.88. The van der Waals surface area contributed by atoms with Crippen molar-refractivity contribution in [3.05, 3.63) is 18.2 Å². The molecule has 0 bridgehead atoms. The molecule has 0 unspecified atom stereocenters. The van der Waals surface area contributed by atoms with Gasteiger partial charge >= 0.3 is 11.9 Å². The fourth-order valence-corrected chi connectivity index (χ4v) is 2.99. The Morgan fingerprint density at radius 1 is 0.919 bits per heavy atom. The Morgan fingerprint density at radius 2 is 1.49 bits per heavy atom. The smallest absolute Gasteiger partial charge is 0.326 e. The molecule has 10 N–H and O–H groups in total. The number of nitrogens with zero attached hydrogens (tertiary/aromatic N) is 1. The van der Waals surface area contributed by atoms with Crippen molar-refractivity contribution in [3.63, 3.8) is 0 Å². The normalized spacial score (nSPS) is 13.0. The van der Waals surface area contributed by atoms with Gasteiger partial charge in [-0.15, -0.1) is 0 Å². The third kappa shape index (κ3) is 13.0. The van der Waals surface area contributed by atoms with E-state index >= 15 is 0 Å². The van der Waals surface area contributed by atoms with Crippen LogP contribution in [0.5, 0.6) is 0 Å². The molecule has 0 aromatic carbocycles. The topological polar surface area (TPSA) is 266 Å². The van der Waals surface area contributed by atoms with E-state index in [1.807, 2.05) is 0 Å². The molecule has 16 heteroatoms. The molecule has 0 fully saturated rings. The fraction of sp³-hybridized carbons (Fsp3) is 0.571. The standard InChI is InChI=1S/C21H33N7O9/c22-13(10-29)19(34)24-5-1-3-16(30)27-14(7-12-9-23-11-26-12)20(35)25-6-2-4-17(31)28-15(21(36)37)8-18(32)33/h9,11,13-15,29H,1-8,10,22H2,(H,23,26)(H,24,34)(H,25,35)(H,27,30)(H,28,31)(H,32,33)(H,36,37)/t13-,14-,15-/m0/s1. The summed E-state index contributed by atoms with van der Waals surface area (Å²) in [5, 5.41) is 36.3. The first-order valence-corrected chi connectivity index (χ1v) is 11.5. The molecule has 0 spiro atoms. The van der Waals surface area contributed by atoms with Gasteiger partial charge in [0.2, 0.25) is 23.6 Å². The molecule has 37 heavy (non-hydrogen) atoms. The van der Waals surface area contributed by atoms with E-state index in [-0.39, 0.29) is 45.2 Å². The lowest BCUT2D eigenvalue weighted by Gasteiger charge is -2.18. The quantitative estimate of drug-likeness (QED) is 0.0849. The minimum Gasteiger partial charge on any atom is -0.481 e. The van der Waals surface area contributed by atoms with Crippen LogP contribution in [0.4, 0.5) is 0 Å². The van der Waals surface area contributed by atoms with Gasteiger partial charge in [-0.25, -0.2) is 9.78 Å². The molecule has 0 aliphatic carbocycles. The number of nitrogens with two attached hydrogens (primary N) is 1. The number of nitrogens with one attached hydrogen (secondary N) is 5. The summed E-state index contributed by atoms with van der Waals surface area (Å²) in [5.41, 5.74) is 5.96. The molecule has 1 rings (SSSR count). The molecule has 1 aromatic rings. The Labute approximate surface area is 211 Å². The minimum absolute atomic E-state index is 0.00264. The number of hydrogen-bond donors (Lipinski definition) is 9. The van der Waals surface area contributed by atoms with Gasteiger partial charge in [-0.2, -0.15) is 0 Å². The number of carbonyl (C=O) groups excluding carboxylic acids is 4. The number of carboxylic acids is 2. The molecule has 3 atom stereocenters. The van der Waals surface area contributed by atoms with Crippen molar-refractivity contribution >= 4 is 35.6 Å². The maximum absolute atomic E-state index is 12.7. The average Bonchev–Trinajstić information content (AvgIpc) is 3.35. The number of carboxylic acid groups (broad SMARTS) is 2. The summed E-state index contributed by atoms with van der Waals surface area (Å²) in [6, 6.07) is -3.58. The lowest BCUT2D eigenvalue weighted by molar-refractivity contribution is -0.147. The van der Waals surface area contributed by atoms with Crippen LogP contribution in [0, 0.1) is 0 Å². The number of aromatic nitrogens is 2. The predicted molar refractivity (Wildman–Crippen MR) is 126 cm³/mol. The molecule has 16 nitrogen and oxygen atoms in total. The number of carbonyl (C=O) groups is 6. The lowest BCUT2D eigenvalue weighted by Crippen LogP contribution is -2.48. The van der Waals surface area contributed by atoms with Gasteiger partial charge in [0.25, 0.3) is 0 Å². The second-order valence-electron chi connectivity index (χ2n) is 8.04. The van der Waals surface area contributed by atoms with Crippen LogP contribution < -0.4 is 27.0 Å². The number of aliphatic carboxylic acids is 2. The van der Waals surface area contributed by atoms with Gasteiger partial charge in [0.1, 0.15) is 18.1 Å². The number of H-pyrrole nitrogens is 1. The molecule has 0 radical (unpaired) electrons. The Kier molecular flexibility index (Phi) is 13.9. The summed E-state index contributed by atoms with van der Waals surface area (Å²) in [4.78, 5) is 76.9. The van der Waals surface area contributed by atoms with Crippen molar-refractivity contribution in [3.8, 4) is 0 Å². The lowest BCUT2D eigenvalue weighted by atomic mass is 10.1. The van der Waals surface area contributed by atoms with E-state index in [4.69, 9.17) is 21.1 Å². The highest BCUT2D eigenvalue weighted by Gasteiger charge is 2.24. The molecular weight excluding hydrogens is 494 g/mol. The van der Waals surface area contributed by atoms with Crippen LogP contribution in [0.25, 0.3) is 0 Å². The second kappa shape index (κ2) is 16.6. The summed E-state index contributed by atoms with van der Waals surface area (Å²) in [6.07, 6.45) is 2.49. The SMILES string of the molecule is N[C@@H](CO)C(=O)NCCCC(=O)N[C@@H](Cc1cnc[nH]1)C(=O)NCCCC(=O)N[C@@H](CC(=O)O)C(=O)O. The summed E-state index contributed by atoms with van der Waals surface area (Å²) < 4.78 is 0. The highest BCUT2D eigenvalue weighted by atomic mass is 16.4. The average molecular weight is 528 g/mol. The van der Waals surface area contributed by atoms with E-state index in [0.29, 0.717) is 5.69 Å². The van der Waals surface area contributed by atoms with E-state index in [1.165, 1.54) is 12.5 Å². The van der Waals surface area contributed by atoms with Crippen LogP contribution in [0.1, 0.15) is 37.8 Å². The summed E-state index contributed by atoms with van der Waals surface area (Å²) in [5.74, 6) is -5.05. The first kappa shape index (κ1) is 31.0. The first-order valence-electron chi connectivity index (χ1n) is 11.5. The number of aliphatic hydroxyl groups is 1. The third-order valence-electron chi connectivity index (χ3n) is 4.94. The monoisotopic (exact) mass is 527 g/mol. The molecule has 0 aliphatic heterocycles. The summed E-state index contributed by atoms with van der Waals surface area (Å²) >= 11 is 0. The molecule has 0 aliphatic rings. The van der Waals surface area contributed by atoms with Crippen LogP contribution in [0.15, 0.2) is 12.5 Å². The Balaban J connectivity index is 2.50. The zero-order valence-corrected chi connectivity index (χ0v) is 20.1. The largest absolute Gasteiger partial charge is 0.481 e. The van der Waals surface area contributed by atoms with Crippen molar-refractivity contribution in [2.45, 2.75) is 56.7 Å². The predicted octanol–water partition coefficient (Wildman–Crippen LogP) is -3.41. The highest BCUT2D eigenvalue weighted by Crippen LogP contribution is 2.01. The molecule has 0 saturated heterocycles. The number of rotatable bonds is 18. The Bertz CT molecular complexity index is 923. The molecule has 4 amide bonds. The van der Waals surface area contributed by atoms with Gasteiger partial charge in [-0.1, -0.05) is 0 Å². The van der Waals surface area contributed by atoms with Crippen molar-refractivity contribution in [1.82, 2.24) is 31.2 Å². The van der Waals surface area contributed by atoms with Gasteiger partial charge in [-0.05, 0) is 12.8 Å². The minimum atomic E-state index is -1.56. The summed E-state index contributed by atoms with van der Waals surface area (Å²) in [6.45, 7) is -0.320. The summed E-state index contributed by atoms with van der Waals surface area (Å²) in [7, 11) is 0. The van der Waals surface area contributed by atoms with Gasteiger partial charge in [0, 0.05) is 44.2 Å². The number of aliphatic hydroxyl groups excluding tert-OH is 1. The second-order valence-corrected chi connectivity index (χ2v) is 8.04. The fourth-order valence-electron chi connectivity index (χ4n) is 2.99. The van der Waals surface area contributed by atoms with E-state index in [1.54, 1.807) is 0 Å². The van der Waals surface area contributed by atoms with Crippen LogP contribution in [0.2, 0.25) is 0 Å². The first-order chi connectivity index (χ1) is 17.5. The van der Waals surface area contributed by atoms with Crippen molar-refractivity contribution in [2.75, 3.05) is 19.7 Å². The van der Waals surface area contributed by atoms with E-state index in [9.17, 15) is 28.8 Å². The van der Waals surface area contributed by atoms with Gasteiger partial charge in [-0.3, -0.25) is 24.0 Å². The van der Waals surface area contributed by atoms with Crippen LogP contribution in [0.3, 0.4) is 0 Å². The zero-order chi connectivity index (χ0) is 27.8. The Morgan fingerprint density at radius 3 is 1.97 bits per heavy atom. The maximum Gasteiger partial charge on any atom is 0.326 e.